The van der Waals surface area contributed by atoms with Gasteiger partial charge in [0.25, 0.3) is 0 Å². The molecule has 3 nitrogen and oxygen atoms in total. The number of carbonyl (C=O) groups excluding carboxylic acids is 1. The van der Waals surface area contributed by atoms with Crippen molar-refractivity contribution in [3.05, 3.63) is 34.9 Å². The van der Waals surface area contributed by atoms with E-state index in [0.717, 1.165) is 0 Å². The van der Waals surface area contributed by atoms with Crippen molar-refractivity contribution < 1.29 is 9.90 Å². The van der Waals surface area contributed by atoms with Gasteiger partial charge in [-0.25, -0.2) is 0 Å². The number of aryl methyl sites for hydroxylation is 2. The first-order valence-electron chi connectivity index (χ1n) is 6.38. The van der Waals surface area contributed by atoms with E-state index < -0.39 is 6.10 Å². The van der Waals surface area contributed by atoms with Crippen molar-refractivity contribution in [2.75, 3.05) is 7.05 Å². The molecule has 1 aromatic rings. The predicted octanol–water partition coefficient (Wildman–Crippen LogP) is 2.42. The molecule has 1 aromatic carbocycles. The van der Waals surface area contributed by atoms with Crippen LogP contribution < -0.4 is 0 Å². The number of benzene rings is 1. The van der Waals surface area contributed by atoms with Crippen LogP contribution in [0.4, 0.5) is 0 Å². The summed E-state index contributed by atoms with van der Waals surface area (Å²) in [5.41, 5.74) is 3.62. The summed E-state index contributed by atoms with van der Waals surface area (Å²) in [5.74, 6) is 0.0795. The lowest BCUT2D eigenvalue weighted by molar-refractivity contribution is -0.131. The Morgan fingerprint density at radius 1 is 1.39 bits per heavy atom. The lowest BCUT2D eigenvalue weighted by atomic mass is 10.1. The molecule has 0 bridgehead atoms. The third-order valence-corrected chi connectivity index (χ3v) is 3.11. The molecule has 1 unspecified atom stereocenters. The van der Waals surface area contributed by atoms with Crippen LogP contribution in [0.2, 0.25) is 0 Å². The maximum Gasteiger partial charge on any atom is 0.222 e. The summed E-state index contributed by atoms with van der Waals surface area (Å²) < 4.78 is 0. The van der Waals surface area contributed by atoms with Crippen LogP contribution in [0, 0.1) is 13.8 Å². The van der Waals surface area contributed by atoms with Gasteiger partial charge >= 0.3 is 0 Å². The van der Waals surface area contributed by atoms with Gasteiger partial charge in [-0.2, -0.15) is 0 Å². The van der Waals surface area contributed by atoms with Crippen molar-refractivity contribution in [2.24, 2.45) is 0 Å². The number of amides is 1. The number of rotatable bonds is 5. The monoisotopic (exact) mass is 249 g/mol. The minimum atomic E-state index is -0.413. The molecule has 1 atom stereocenters. The molecule has 0 aliphatic heterocycles. The van der Waals surface area contributed by atoms with E-state index in [1.54, 1.807) is 11.8 Å². The topological polar surface area (TPSA) is 40.5 Å². The summed E-state index contributed by atoms with van der Waals surface area (Å²) in [4.78, 5) is 13.6. The van der Waals surface area contributed by atoms with E-state index in [4.69, 9.17) is 0 Å². The lowest BCUT2D eigenvalue weighted by Crippen LogP contribution is -2.27. The Kier molecular flexibility index (Phi) is 5.35. The van der Waals surface area contributed by atoms with Gasteiger partial charge in [-0.1, -0.05) is 23.8 Å². The zero-order valence-electron chi connectivity index (χ0n) is 11.7. The largest absolute Gasteiger partial charge is 0.393 e. The third-order valence-electron chi connectivity index (χ3n) is 3.11. The van der Waals surface area contributed by atoms with Crippen molar-refractivity contribution in [1.82, 2.24) is 4.90 Å². The zero-order valence-corrected chi connectivity index (χ0v) is 11.7. The molecular weight excluding hydrogens is 226 g/mol. The fourth-order valence-corrected chi connectivity index (χ4v) is 1.89. The Morgan fingerprint density at radius 2 is 2.06 bits per heavy atom. The number of carbonyl (C=O) groups is 1. The average Bonchev–Trinajstić information content (AvgIpc) is 2.29. The highest BCUT2D eigenvalue weighted by molar-refractivity contribution is 5.75. The summed E-state index contributed by atoms with van der Waals surface area (Å²) >= 11 is 0. The van der Waals surface area contributed by atoms with Gasteiger partial charge in [-0.3, -0.25) is 4.79 Å². The molecule has 0 aliphatic rings. The molecular formula is C15H23NO2. The SMILES string of the molecule is Cc1ccc(CN(C)C(=O)CCC(C)O)c(C)c1. The van der Waals surface area contributed by atoms with Crippen LogP contribution in [0.3, 0.4) is 0 Å². The van der Waals surface area contributed by atoms with Gasteiger partial charge in [0.1, 0.15) is 0 Å². The number of hydrogen-bond acceptors (Lipinski definition) is 2. The van der Waals surface area contributed by atoms with E-state index in [1.807, 2.05) is 7.05 Å². The van der Waals surface area contributed by atoms with Gasteiger partial charge in [-0.15, -0.1) is 0 Å². The third kappa shape index (κ3) is 4.49. The molecule has 3 heteroatoms. The van der Waals surface area contributed by atoms with Crippen LogP contribution in [-0.4, -0.2) is 29.1 Å². The van der Waals surface area contributed by atoms with Crippen LogP contribution in [0.15, 0.2) is 18.2 Å². The highest BCUT2D eigenvalue weighted by Crippen LogP contribution is 2.13. The predicted molar refractivity (Wildman–Crippen MR) is 73.3 cm³/mol. The van der Waals surface area contributed by atoms with E-state index in [0.29, 0.717) is 19.4 Å². The first-order chi connectivity index (χ1) is 8.40. The number of nitrogens with zero attached hydrogens (tertiary/aromatic N) is 1. The van der Waals surface area contributed by atoms with E-state index >= 15 is 0 Å². The minimum absolute atomic E-state index is 0.0795. The minimum Gasteiger partial charge on any atom is -0.393 e. The number of hydrogen-bond donors (Lipinski definition) is 1. The molecule has 0 saturated heterocycles. The highest BCUT2D eigenvalue weighted by atomic mass is 16.3. The van der Waals surface area contributed by atoms with E-state index in [-0.39, 0.29) is 5.91 Å². The lowest BCUT2D eigenvalue weighted by Gasteiger charge is -2.19. The summed E-state index contributed by atoms with van der Waals surface area (Å²) in [6.07, 6.45) is 0.512. The molecule has 0 aromatic heterocycles. The highest BCUT2D eigenvalue weighted by Gasteiger charge is 2.11. The Hall–Kier alpha value is -1.35. The summed E-state index contributed by atoms with van der Waals surface area (Å²) in [6.45, 7) is 6.47. The molecule has 100 valence electrons. The zero-order chi connectivity index (χ0) is 13.7. The molecule has 18 heavy (non-hydrogen) atoms. The normalized spacial score (nSPS) is 12.3. The second-order valence-corrected chi connectivity index (χ2v) is 5.07. The molecule has 0 spiro atoms. The first-order valence-corrected chi connectivity index (χ1v) is 6.38. The van der Waals surface area contributed by atoms with Gasteiger partial charge in [0.15, 0.2) is 0 Å². The molecule has 0 saturated carbocycles. The van der Waals surface area contributed by atoms with Gasteiger partial charge < -0.3 is 10.0 Å². The first kappa shape index (κ1) is 14.7. The molecule has 0 aliphatic carbocycles. The Balaban J connectivity index is 2.58. The maximum atomic E-state index is 11.8. The number of aliphatic hydroxyl groups excluding tert-OH is 1. The fourth-order valence-electron chi connectivity index (χ4n) is 1.89. The Morgan fingerprint density at radius 3 is 2.61 bits per heavy atom. The van der Waals surface area contributed by atoms with Gasteiger partial charge in [0.05, 0.1) is 6.10 Å². The fraction of sp³-hybridized carbons (Fsp3) is 0.533. The van der Waals surface area contributed by atoms with E-state index in [1.165, 1.54) is 16.7 Å². The smallest absolute Gasteiger partial charge is 0.222 e. The van der Waals surface area contributed by atoms with Crippen molar-refractivity contribution >= 4 is 5.91 Å². The van der Waals surface area contributed by atoms with Gasteiger partial charge in [0, 0.05) is 20.0 Å². The summed E-state index contributed by atoms with van der Waals surface area (Å²) in [5, 5.41) is 9.18. The standard InChI is InChI=1S/C15H23NO2/c1-11-5-7-14(12(2)9-11)10-16(4)15(18)8-6-13(3)17/h5,7,9,13,17H,6,8,10H2,1-4H3. The maximum absolute atomic E-state index is 11.8. The summed E-state index contributed by atoms with van der Waals surface area (Å²) in [7, 11) is 1.81. The Bertz CT molecular complexity index is 413. The van der Waals surface area contributed by atoms with Gasteiger partial charge in [0.2, 0.25) is 5.91 Å². The molecule has 1 N–H and O–H groups in total. The molecule has 0 heterocycles. The summed E-state index contributed by atoms with van der Waals surface area (Å²) in [6, 6.07) is 6.27. The van der Waals surface area contributed by atoms with Crippen molar-refractivity contribution in [1.29, 1.82) is 0 Å². The van der Waals surface area contributed by atoms with Crippen LogP contribution >= 0.6 is 0 Å². The van der Waals surface area contributed by atoms with Crippen LogP contribution in [0.25, 0.3) is 0 Å². The van der Waals surface area contributed by atoms with Crippen LogP contribution in [-0.2, 0) is 11.3 Å². The Labute approximate surface area is 109 Å². The van der Waals surface area contributed by atoms with Crippen molar-refractivity contribution in [3.63, 3.8) is 0 Å². The van der Waals surface area contributed by atoms with Crippen molar-refractivity contribution in [2.45, 2.75) is 46.3 Å². The van der Waals surface area contributed by atoms with E-state index in [9.17, 15) is 9.90 Å². The second kappa shape index (κ2) is 6.55. The average molecular weight is 249 g/mol. The van der Waals surface area contributed by atoms with Crippen LogP contribution in [0.1, 0.15) is 36.5 Å². The molecule has 1 rings (SSSR count). The molecule has 0 radical (unpaired) electrons. The van der Waals surface area contributed by atoms with Crippen LogP contribution in [0.5, 0.6) is 0 Å². The quantitative estimate of drug-likeness (QED) is 0.870. The second-order valence-electron chi connectivity index (χ2n) is 5.07. The number of aliphatic hydroxyl groups is 1. The van der Waals surface area contributed by atoms with Gasteiger partial charge in [-0.05, 0) is 38.3 Å². The molecule has 1 amide bonds. The van der Waals surface area contributed by atoms with E-state index in [2.05, 4.69) is 32.0 Å². The van der Waals surface area contributed by atoms with Crippen molar-refractivity contribution in [3.8, 4) is 0 Å². The molecule has 0 fully saturated rings.